The van der Waals surface area contributed by atoms with Crippen LogP contribution in [-0.4, -0.2) is 38.2 Å². The number of hydrogen-bond donors (Lipinski definition) is 3. The van der Waals surface area contributed by atoms with Gasteiger partial charge in [-0.25, -0.2) is 9.18 Å². The van der Waals surface area contributed by atoms with Crippen molar-refractivity contribution < 1.29 is 28.3 Å². The van der Waals surface area contributed by atoms with Gasteiger partial charge in [0, 0.05) is 22.5 Å². The normalized spacial score (nSPS) is 22.9. The molecule has 0 radical (unpaired) electrons. The van der Waals surface area contributed by atoms with Crippen molar-refractivity contribution in [1.29, 1.82) is 0 Å². The van der Waals surface area contributed by atoms with Crippen LogP contribution in [0.25, 0.3) is 0 Å². The molecule has 0 saturated carbocycles. The average Bonchev–Trinajstić information content (AvgIpc) is 3.47. The van der Waals surface area contributed by atoms with Gasteiger partial charge in [0.15, 0.2) is 0 Å². The molecule has 8 nitrogen and oxygen atoms in total. The van der Waals surface area contributed by atoms with Gasteiger partial charge in [0.25, 0.3) is 0 Å². The fourth-order valence-corrected chi connectivity index (χ4v) is 6.35. The average molecular weight is 617 g/mol. The lowest BCUT2D eigenvalue weighted by Crippen LogP contribution is -2.45. The SMILES string of the molecule is COC(=O)c1ccc(NC(=O)[C@@H]2N[C@@H](CC(C)(C)C)[C@@]3(ONc4cc(Cl)ccc43)[C@H]2c2cccc(Cl)c2F)c(OC)c1. The molecule has 2 aliphatic heterocycles. The molecule has 0 bridgehead atoms. The number of carbonyl (C=O) groups excluding carboxylic acids is 2. The molecular weight excluding hydrogens is 584 g/mol. The summed E-state index contributed by atoms with van der Waals surface area (Å²) in [6.45, 7) is 6.26. The molecule has 4 atom stereocenters. The van der Waals surface area contributed by atoms with Crippen molar-refractivity contribution in [3.8, 4) is 5.75 Å². The van der Waals surface area contributed by atoms with Crippen molar-refractivity contribution in [3.05, 3.63) is 87.2 Å². The van der Waals surface area contributed by atoms with E-state index in [4.69, 9.17) is 37.5 Å². The number of fused-ring (bicyclic) bond motifs is 2. The smallest absolute Gasteiger partial charge is 0.337 e. The number of halogens is 3. The van der Waals surface area contributed by atoms with E-state index < -0.39 is 41.3 Å². The second-order valence-corrected chi connectivity index (χ2v) is 12.5. The number of amides is 1. The van der Waals surface area contributed by atoms with Gasteiger partial charge in [-0.3, -0.25) is 20.4 Å². The van der Waals surface area contributed by atoms with Crippen molar-refractivity contribution >= 4 is 46.5 Å². The number of nitrogens with one attached hydrogen (secondary N) is 3. The summed E-state index contributed by atoms with van der Waals surface area (Å²) in [4.78, 5) is 32.7. The van der Waals surface area contributed by atoms with Crippen LogP contribution in [0.15, 0.2) is 54.6 Å². The highest BCUT2D eigenvalue weighted by Gasteiger charge is 2.64. The molecule has 42 heavy (non-hydrogen) atoms. The van der Waals surface area contributed by atoms with Crippen LogP contribution in [0.1, 0.15) is 54.6 Å². The van der Waals surface area contributed by atoms with E-state index in [0.29, 0.717) is 22.8 Å². The van der Waals surface area contributed by atoms with Crippen LogP contribution in [0.5, 0.6) is 5.75 Å². The Labute approximate surface area is 253 Å². The van der Waals surface area contributed by atoms with Gasteiger partial charge >= 0.3 is 5.97 Å². The highest BCUT2D eigenvalue weighted by molar-refractivity contribution is 6.31. The van der Waals surface area contributed by atoms with E-state index in [9.17, 15) is 9.59 Å². The molecule has 2 heterocycles. The summed E-state index contributed by atoms with van der Waals surface area (Å²) in [5.74, 6) is -2.24. The number of carbonyl (C=O) groups is 2. The lowest BCUT2D eigenvalue weighted by Gasteiger charge is -2.37. The van der Waals surface area contributed by atoms with E-state index in [-0.39, 0.29) is 27.3 Å². The summed E-state index contributed by atoms with van der Waals surface area (Å²) < 4.78 is 26.1. The first kappa shape index (κ1) is 30.1. The van der Waals surface area contributed by atoms with Crippen molar-refractivity contribution in [2.45, 2.75) is 50.8 Å². The summed E-state index contributed by atoms with van der Waals surface area (Å²) >= 11 is 12.6. The van der Waals surface area contributed by atoms with Gasteiger partial charge < -0.3 is 14.8 Å². The number of anilines is 2. The van der Waals surface area contributed by atoms with Crippen LogP contribution in [-0.2, 0) is 20.0 Å². The molecule has 0 unspecified atom stereocenters. The molecule has 3 N–H and O–H groups in total. The largest absolute Gasteiger partial charge is 0.495 e. The maximum Gasteiger partial charge on any atom is 0.337 e. The van der Waals surface area contributed by atoms with Crippen LogP contribution < -0.4 is 20.9 Å². The second kappa shape index (κ2) is 11.4. The number of benzene rings is 3. The summed E-state index contributed by atoms with van der Waals surface area (Å²) in [6.07, 6.45) is 0.580. The Morgan fingerprint density at radius 1 is 1.10 bits per heavy atom. The lowest BCUT2D eigenvalue weighted by molar-refractivity contribution is -0.119. The van der Waals surface area contributed by atoms with Crippen molar-refractivity contribution in [3.63, 3.8) is 0 Å². The van der Waals surface area contributed by atoms with E-state index in [1.165, 1.54) is 32.4 Å². The van der Waals surface area contributed by atoms with Crippen LogP contribution in [0.4, 0.5) is 15.8 Å². The van der Waals surface area contributed by atoms with Crippen molar-refractivity contribution in [2.24, 2.45) is 5.41 Å². The molecule has 11 heteroatoms. The number of rotatable bonds is 6. The molecule has 1 amide bonds. The van der Waals surface area contributed by atoms with E-state index in [1.54, 1.807) is 30.3 Å². The Hall–Kier alpha value is -3.37. The lowest BCUT2D eigenvalue weighted by atomic mass is 9.70. The van der Waals surface area contributed by atoms with Gasteiger partial charge in [0.1, 0.15) is 17.2 Å². The second-order valence-electron chi connectivity index (χ2n) is 11.7. The zero-order chi connectivity index (χ0) is 30.4. The standard InChI is InChI=1S/C31H32Cl2FN3O5/c1-30(2,3)15-24-31(19-11-10-17(32)14-22(19)37-42-31)25(18-7-6-8-20(33)26(18)34)27(36-24)28(38)35-21-12-9-16(29(39)41-5)13-23(21)40-4/h6-14,24-25,27,36-37H,15H2,1-5H3,(H,35,38)/t24-,25-,27+,31+/m0/s1. The minimum Gasteiger partial charge on any atom is -0.495 e. The summed E-state index contributed by atoms with van der Waals surface area (Å²) in [5.41, 5.74) is 3.79. The van der Waals surface area contributed by atoms with E-state index in [1.807, 2.05) is 6.07 Å². The molecule has 1 spiro atoms. The molecule has 222 valence electrons. The molecule has 1 fully saturated rings. The number of hydrogen-bond acceptors (Lipinski definition) is 7. The molecule has 2 aliphatic rings. The van der Waals surface area contributed by atoms with Crippen molar-refractivity contribution in [1.82, 2.24) is 5.32 Å². The number of ether oxygens (including phenoxy) is 2. The third kappa shape index (κ3) is 5.30. The van der Waals surface area contributed by atoms with Crippen LogP contribution in [0.2, 0.25) is 10.0 Å². The zero-order valence-corrected chi connectivity index (χ0v) is 25.3. The van der Waals surface area contributed by atoms with Gasteiger partial charge in [-0.2, -0.15) is 0 Å². The molecule has 3 aromatic rings. The minimum absolute atomic E-state index is 0.0663. The molecule has 0 aromatic heterocycles. The van der Waals surface area contributed by atoms with Gasteiger partial charge in [-0.05, 0) is 53.8 Å². The van der Waals surface area contributed by atoms with Crippen LogP contribution in [0, 0.1) is 11.2 Å². The topological polar surface area (TPSA) is 97.9 Å². The zero-order valence-electron chi connectivity index (χ0n) is 23.8. The van der Waals surface area contributed by atoms with Gasteiger partial charge in [-0.15, -0.1) is 0 Å². The predicted octanol–water partition coefficient (Wildman–Crippen LogP) is 6.68. The molecule has 1 saturated heterocycles. The quantitative estimate of drug-likeness (QED) is 0.266. The summed E-state index contributed by atoms with van der Waals surface area (Å²) in [7, 11) is 2.71. The monoisotopic (exact) mass is 615 g/mol. The minimum atomic E-state index is -1.21. The maximum absolute atomic E-state index is 15.9. The number of esters is 1. The van der Waals surface area contributed by atoms with Gasteiger partial charge in [0.2, 0.25) is 5.91 Å². The fourth-order valence-electron chi connectivity index (χ4n) is 6.00. The summed E-state index contributed by atoms with van der Waals surface area (Å²) in [5, 5.41) is 6.84. The maximum atomic E-state index is 15.9. The van der Waals surface area contributed by atoms with Crippen LogP contribution >= 0.6 is 23.2 Å². The predicted molar refractivity (Wildman–Crippen MR) is 160 cm³/mol. The Balaban J connectivity index is 1.65. The molecular formula is C31H32Cl2FN3O5. The Kier molecular flexibility index (Phi) is 8.15. The highest BCUT2D eigenvalue weighted by Crippen LogP contribution is 2.57. The molecule has 3 aromatic carbocycles. The van der Waals surface area contributed by atoms with Gasteiger partial charge in [0.05, 0.1) is 42.2 Å². The fraction of sp³-hybridized carbons (Fsp3) is 0.355. The molecule has 5 rings (SSSR count). The first-order chi connectivity index (χ1) is 19.9. The highest BCUT2D eigenvalue weighted by atomic mass is 35.5. The summed E-state index contributed by atoms with van der Waals surface area (Å²) in [6, 6.07) is 13.2. The third-order valence-corrected chi connectivity index (χ3v) is 8.25. The molecule has 0 aliphatic carbocycles. The Morgan fingerprint density at radius 3 is 2.55 bits per heavy atom. The van der Waals surface area contributed by atoms with Gasteiger partial charge in [-0.1, -0.05) is 62.2 Å². The van der Waals surface area contributed by atoms with E-state index >= 15 is 4.39 Å². The van der Waals surface area contributed by atoms with E-state index in [2.05, 4.69) is 36.9 Å². The van der Waals surface area contributed by atoms with Crippen molar-refractivity contribution in [2.75, 3.05) is 25.0 Å². The van der Waals surface area contributed by atoms with Crippen LogP contribution in [0.3, 0.4) is 0 Å². The Morgan fingerprint density at radius 2 is 1.86 bits per heavy atom. The van der Waals surface area contributed by atoms with E-state index in [0.717, 1.165) is 5.56 Å². The third-order valence-electron chi connectivity index (χ3n) is 7.72. The number of methoxy groups -OCH3 is 2. The Bertz CT molecular complexity index is 1550. The first-order valence-corrected chi connectivity index (χ1v) is 14.2. The first-order valence-electron chi connectivity index (χ1n) is 13.4.